The summed E-state index contributed by atoms with van der Waals surface area (Å²) in [5.41, 5.74) is 1.03. The minimum absolute atomic E-state index is 0.0968. The van der Waals surface area contributed by atoms with Crippen LogP contribution in [0.1, 0.15) is 13.3 Å². The van der Waals surface area contributed by atoms with Crippen LogP contribution in [0, 0.1) is 5.82 Å². The summed E-state index contributed by atoms with van der Waals surface area (Å²) in [5, 5.41) is 0. The van der Waals surface area contributed by atoms with Crippen molar-refractivity contribution in [2.45, 2.75) is 19.4 Å². The average molecular weight is 372 g/mol. The molecule has 0 radical (unpaired) electrons. The number of rotatable bonds is 6. The molecule has 1 heterocycles. The highest BCUT2D eigenvalue weighted by Gasteiger charge is 2.29. The van der Waals surface area contributed by atoms with E-state index in [1.807, 2.05) is 31.2 Å². The zero-order valence-corrected chi connectivity index (χ0v) is 15.7. The molecule has 0 saturated carbocycles. The topological polar surface area (TPSA) is 42.0 Å². The largest absolute Gasteiger partial charge is 0.495 e. The summed E-state index contributed by atoms with van der Waals surface area (Å²) >= 11 is 0. The van der Waals surface area contributed by atoms with Gasteiger partial charge < -0.3 is 19.3 Å². The van der Waals surface area contributed by atoms with Crippen molar-refractivity contribution in [1.82, 2.24) is 4.90 Å². The number of anilines is 1. The smallest absolute Gasteiger partial charge is 0.263 e. The van der Waals surface area contributed by atoms with E-state index in [4.69, 9.17) is 9.47 Å². The minimum atomic E-state index is -0.681. The van der Waals surface area contributed by atoms with Crippen LogP contribution < -0.4 is 14.4 Å². The lowest BCUT2D eigenvalue weighted by molar-refractivity contribution is -0.139. The number of amides is 1. The first-order valence-electron chi connectivity index (χ1n) is 9.22. The van der Waals surface area contributed by atoms with Gasteiger partial charge in [-0.3, -0.25) is 4.79 Å². The van der Waals surface area contributed by atoms with E-state index in [0.717, 1.165) is 11.4 Å². The molecule has 6 heteroatoms. The molecule has 2 aromatic rings. The number of carbonyl (C=O) groups excluding carboxylic acids is 1. The van der Waals surface area contributed by atoms with Gasteiger partial charge in [-0.05, 0) is 30.7 Å². The third kappa shape index (κ3) is 4.32. The van der Waals surface area contributed by atoms with Crippen LogP contribution >= 0.6 is 0 Å². The van der Waals surface area contributed by atoms with Gasteiger partial charge in [0.1, 0.15) is 5.75 Å². The number of hydrogen-bond acceptors (Lipinski definition) is 4. The van der Waals surface area contributed by atoms with E-state index in [-0.39, 0.29) is 11.7 Å². The van der Waals surface area contributed by atoms with E-state index < -0.39 is 11.9 Å². The summed E-state index contributed by atoms with van der Waals surface area (Å²) < 4.78 is 24.9. The molecule has 1 amide bonds. The summed E-state index contributed by atoms with van der Waals surface area (Å²) in [5.74, 6) is 0.391. The number of halogens is 1. The van der Waals surface area contributed by atoms with Crippen molar-refractivity contribution in [2.24, 2.45) is 0 Å². The van der Waals surface area contributed by atoms with Crippen molar-refractivity contribution in [3.63, 3.8) is 0 Å². The Kier molecular flexibility index (Phi) is 6.16. The second-order valence-electron chi connectivity index (χ2n) is 6.43. The van der Waals surface area contributed by atoms with Crippen LogP contribution in [0.15, 0.2) is 48.5 Å². The molecule has 0 aliphatic carbocycles. The summed E-state index contributed by atoms with van der Waals surface area (Å²) in [6.45, 7) is 4.47. The summed E-state index contributed by atoms with van der Waals surface area (Å²) in [6, 6.07) is 14.0. The first-order valence-corrected chi connectivity index (χ1v) is 9.22. The Bertz CT molecular complexity index is 776. The molecule has 27 heavy (non-hydrogen) atoms. The first kappa shape index (κ1) is 19.0. The molecular formula is C21H25FN2O3. The second kappa shape index (κ2) is 8.75. The maximum atomic E-state index is 13.8. The second-order valence-corrected chi connectivity index (χ2v) is 6.43. The minimum Gasteiger partial charge on any atom is -0.495 e. The Morgan fingerprint density at radius 3 is 2.30 bits per heavy atom. The lowest BCUT2D eigenvalue weighted by Crippen LogP contribution is -2.52. The van der Waals surface area contributed by atoms with Crippen LogP contribution in [0.5, 0.6) is 11.5 Å². The van der Waals surface area contributed by atoms with Gasteiger partial charge in [0.2, 0.25) is 0 Å². The zero-order chi connectivity index (χ0) is 19.2. The molecule has 1 saturated heterocycles. The van der Waals surface area contributed by atoms with Crippen molar-refractivity contribution >= 4 is 11.6 Å². The molecule has 0 N–H and O–H groups in total. The number of methoxy groups -OCH3 is 1. The predicted molar refractivity (Wildman–Crippen MR) is 103 cm³/mol. The number of piperazine rings is 1. The van der Waals surface area contributed by atoms with E-state index in [0.29, 0.717) is 32.6 Å². The van der Waals surface area contributed by atoms with Crippen LogP contribution in [0.4, 0.5) is 10.1 Å². The van der Waals surface area contributed by atoms with Gasteiger partial charge in [-0.25, -0.2) is 4.39 Å². The average Bonchev–Trinajstić information content (AvgIpc) is 2.73. The van der Waals surface area contributed by atoms with Crippen molar-refractivity contribution in [3.8, 4) is 11.5 Å². The summed E-state index contributed by atoms with van der Waals surface area (Å²) in [6.07, 6.45) is -0.195. The molecule has 0 aromatic heterocycles. The Morgan fingerprint density at radius 2 is 1.67 bits per heavy atom. The lowest BCUT2D eigenvalue weighted by Gasteiger charge is -2.37. The summed E-state index contributed by atoms with van der Waals surface area (Å²) in [4.78, 5) is 16.8. The van der Waals surface area contributed by atoms with Gasteiger partial charge >= 0.3 is 0 Å². The zero-order valence-electron chi connectivity index (χ0n) is 15.7. The van der Waals surface area contributed by atoms with Crippen molar-refractivity contribution in [3.05, 3.63) is 54.3 Å². The monoisotopic (exact) mass is 372 g/mol. The van der Waals surface area contributed by atoms with Gasteiger partial charge in [0.05, 0.1) is 12.8 Å². The van der Waals surface area contributed by atoms with Gasteiger partial charge in [-0.2, -0.15) is 0 Å². The Hall–Kier alpha value is -2.76. The number of nitrogens with zero attached hydrogens (tertiary/aromatic N) is 2. The van der Waals surface area contributed by atoms with E-state index in [1.54, 1.807) is 30.2 Å². The number of benzene rings is 2. The molecule has 144 valence electrons. The normalized spacial score (nSPS) is 15.4. The molecule has 1 atom stereocenters. The standard InChI is InChI=1S/C21H25FN2O3/c1-3-18(27-19-10-6-4-8-16(19)22)21(25)24-14-12-23(13-15-24)17-9-5-7-11-20(17)26-2/h4-11,18H,3,12-15H2,1-2H3/t18-/m1/s1. The molecule has 0 unspecified atom stereocenters. The van der Waals surface area contributed by atoms with Gasteiger partial charge in [0.15, 0.2) is 17.7 Å². The van der Waals surface area contributed by atoms with Crippen LogP contribution in [0.3, 0.4) is 0 Å². The molecule has 0 bridgehead atoms. The number of para-hydroxylation sites is 3. The molecule has 3 rings (SSSR count). The van der Waals surface area contributed by atoms with Crippen molar-refractivity contribution in [2.75, 3.05) is 38.2 Å². The van der Waals surface area contributed by atoms with Crippen LogP contribution in [0.25, 0.3) is 0 Å². The Morgan fingerprint density at radius 1 is 1.04 bits per heavy atom. The molecule has 1 aliphatic rings. The number of carbonyl (C=O) groups is 1. The Balaban J connectivity index is 1.62. The third-order valence-electron chi connectivity index (χ3n) is 4.77. The van der Waals surface area contributed by atoms with Gasteiger partial charge in [0, 0.05) is 26.2 Å². The highest BCUT2D eigenvalue weighted by atomic mass is 19.1. The number of hydrogen-bond donors (Lipinski definition) is 0. The van der Waals surface area contributed by atoms with Crippen molar-refractivity contribution < 1.29 is 18.7 Å². The number of ether oxygens (including phenoxy) is 2. The predicted octanol–water partition coefficient (Wildman–Crippen LogP) is 3.34. The fourth-order valence-electron chi connectivity index (χ4n) is 3.26. The van der Waals surface area contributed by atoms with Crippen molar-refractivity contribution in [1.29, 1.82) is 0 Å². The maximum absolute atomic E-state index is 13.8. The maximum Gasteiger partial charge on any atom is 0.263 e. The van der Waals surface area contributed by atoms with E-state index in [1.165, 1.54) is 6.07 Å². The van der Waals surface area contributed by atoms with E-state index in [2.05, 4.69) is 4.90 Å². The molecule has 0 spiro atoms. The quantitative estimate of drug-likeness (QED) is 0.780. The lowest BCUT2D eigenvalue weighted by atomic mass is 10.2. The fourth-order valence-corrected chi connectivity index (χ4v) is 3.26. The molecule has 1 aliphatic heterocycles. The molecule has 5 nitrogen and oxygen atoms in total. The fraction of sp³-hybridized carbons (Fsp3) is 0.381. The highest BCUT2D eigenvalue weighted by Crippen LogP contribution is 2.28. The first-order chi connectivity index (χ1) is 13.1. The van der Waals surface area contributed by atoms with Gasteiger partial charge in [-0.15, -0.1) is 0 Å². The molecule has 2 aromatic carbocycles. The van der Waals surface area contributed by atoms with E-state index >= 15 is 0 Å². The van der Waals surface area contributed by atoms with Gasteiger partial charge in [0.25, 0.3) is 5.91 Å². The SMILES string of the molecule is CC[C@@H](Oc1ccccc1F)C(=O)N1CCN(c2ccccc2OC)CC1. The molecular weight excluding hydrogens is 347 g/mol. The highest BCUT2D eigenvalue weighted by molar-refractivity contribution is 5.81. The Labute approximate surface area is 159 Å². The van der Waals surface area contributed by atoms with Crippen LogP contribution in [-0.4, -0.2) is 50.2 Å². The van der Waals surface area contributed by atoms with Crippen LogP contribution in [0.2, 0.25) is 0 Å². The van der Waals surface area contributed by atoms with Crippen LogP contribution in [-0.2, 0) is 4.79 Å². The molecule has 1 fully saturated rings. The third-order valence-corrected chi connectivity index (χ3v) is 4.77. The van der Waals surface area contributed by atoms with Gasteiger partial charge in [-0.1, -0.05) is 31.2 Å². The van der Waals surface area contributed by atoms with E-state index in [9.17, 15) is 9.18 Å². The summed E-state index contributed by atoms with van der Waals surface area (Å²) in [7, 11) is 1.66.